The Hall–Kier alpha value is -4.24. The molecule has 5 rings (SSSR count). The van der Waals surface area contributed by atoms with Gasteiger partial charge in [0.25, 0.3) is 5.91 Å². The first-order valence-corrected chi connectivity index (χ1v) is 12.0. The molecule has 0 spiro atoms. The van der Waals surface area contributed by atoms with Gasteiger partial charge in [-0.2, -0.15) is 4.68 Å². The normalized spacial score (nSPS) is 14.7. The van der Waals surface area contributed by atoms with E-state index in [9.17, 15) is 9.18 Å². The number of carbonyl (C=O) groups is 1. The first-order chi connectivity index (χ1) is 17.8. The standard InChI is InChI=1S/C27H24ClFN6O2/c1-15-6-4-9-23(16(15)2)31-26(36)24-17(3)30-27-32-33-34-35(27)25(24)18-10-12-19(13-11-18)37-14-20-21(28)7-5-8-22(20)29/h4-13,25H,14H2,1-3H3,(H,31,36)(H,30,32,34). The lowest BCUT2D eigenvalue weighted by atomic mass is 9.94. The lowest BCUT2D eigenvalue weighted by Crippen LogP contribution is -2.31. The molecule has 3 aromatic carbocycles. The maximum absolute atomic E-state index is 14.1. The number of halogens is 2. The van der Waals surface area contributed by atoms with Crippen molar-refractivity contribution in [3.63, 3.8) is 0 Å². The van der Waals surface area contributed by atoms with Crippen LogP contribution in [0.1, 0.15) is 35.2 Å². The van der Waals surface area contributed by atoms with Crippen molar-refractivity contribution in [2.45, 2.75) is 33.4 Å². The first-order valence-electron chi connectivity index (χ1n) is 11.6. The van der Waals surface area contributed by atoms with Gasteiger partial charge in [0.05, 0.1) is 10.6 Å². The second-order valence-electron chi connectivity index (χ2n) is 8.77. The molecule has 1 amide bonds. The number of fused-ring (bicyclic) bond motifs is 1. The molecule has 0 saturated carbocycles. The van der Waals surface area contributed by atoms with E-state index in [-0.39, 0.29) is 18.1 Å². The van der Waals surface area contributed by atoms with Gasteiger partial charge in [-0.15, -0.1) is 0 Å². The minimum atomic E-state index is -0.577. The van der Waals surface area contributed by atoms with E-state index in [1.54, 1.807) is 28.9 Å². The molecular formula is C27H24ClFN6O2. The van der Waals surface area contributed by atoms with Crippen molar-refractivity contribution in [2.75, 3.05) is 10.6 Å². The molecule has 37 heavy (non-hydrogen) atoms. The first kappa shape index (κ1) is 24.5. The third kappa shape index (κ3) is 4.77. The number of nitrogens with one attached hydrogen (secondary N) is 2. The summed E-state index contributed by atoms with van der Waals surface area (Å²) in [6.07, 6.45) is 0. The van der Waals surface area contributed by atoms with Gasteiger partial charge in [-0.25, -0.2) is 4.39 Å². The summed E-state index contributed by atoms with van der Waals surface area (Å²) in [6, 6.07) is 16.9. The van der Waals surface area contributed by atoms with E-state index in [4.69, 9.17) is 16.3 Å². The minimum Gasteiger partial charge on any atom is -0.489 e. The smallest absolute Gasteiger partial charge is 0.255 e. The molecule has 1 unspecified atom stereocenters. The van der Waals surface area contributed by atoms with Crippen LogP contribution in [0, 0.1) is 19.7 Å². The number of aromatic nitrogens is 4. The fraction of sp³-hybridized carbons (Fsp3) is 0.185. The molecule has 0 saturated heterocycles. The number of allylic oxidation sites excluding steroid dienone is 1. The Morgan fingerprint density at radius 1 is 1.11 bits per heavy atom. The molecular weight excluding hydrogens is 495 g/mol. The van der Waals surface area contributed by atoms with Crippen molar-refractivity contribution in [3.05, 3.63) is 105 Å². The minimum absolute atomic E-state index is 0.0160. The zero-order valence-electron chi connectivity index (χ0n) is 20.4. The van der Waals surface area contributed by atoms with Gasteiger partial charge in [-0.3, -0.25) is 4.79 Å². The van der Waals surface area contributed by atoms with Crippen LogP contribution in [0.5, 0.6) is 5.75 Å². The maximum Gasteiger partial charge on any atom is 0.255 e. The predicted octanol–water partition coefficient (Wildman–Crippen LogP) is 5.59. The molecule has 2 heterocycles. The number of amides is 1. The highest BCUT2D eigenvalue weighted by molar-refractivity contribution is 6.31. The molecule has 1 atom stereocenters. The number of anilines is 2. The number of ether oxygens (including phenoxy) is 1. The number of rotatable bonds is 6. The van der Waals surface area contributed by atoms with E-state index < -0.39 is 11.9 Å². The SMILES string of the molecule is CC1=C(C(=O)Nc2cccc(C)c2C)C(c2ccc(OCc3c(F)cccc3Cl)cc2)n2nnnc2N1. The Kier molecular flexibility index (Phi) is 6.62. The Bertz CT molecular complexity index is 1500. The van der Waals surface area contributed by atoms with Crippen LogP contribution in [0.4, 0.5) is 16.0 Å². The van der Waals surface area contributed by atoms with Gasteiger partial charge >= 0.3 is 0 Å². The van der Waals surface area contributed by atoms with E-state index in [0.29, 0.717) is 28.0 Å². The zero-order chi connectivity index (χ0) is 26.1. The molecule has 0 radical (unpaired) electrons. The summed E-state index contributed by atoms with van der Waals surface area (Å²) in [5.41, 5.74) is 5.00. The molecule has 1 aliphatic heterocycles. The third-order valence-electron chi connectivity index (χ3n) is 6.45. The van der Waals surface area contributed by atoms with Gasteiger partial charge in [-0.1, -0.05) is 47.0 Å². The quantitative estimate of drug-likeness (QED) is 0.345. The molecule has 0 fully saturated rings. The molecule has 10 heteroatoms. The summed E-state index contributed by atoms with van der Waals surface area (Å²) >= 11 is 6.10. The molecule has 0 bridgehead atoms. The van der Waals surface area contributed by atoms with Gasteiger partial charge in [0.2, 0.25) is 5.95 Å². The average molecular weight is 519 g/mol. The Balaban J connectivity index is 1.43. The topological polar surface area (TPSA) is 94.0 Å². The lowest BCUT2D eigenvalue weighted by Gasteiger charge is -2.28. The number of hydrogen-bond acceptors (Lipinski definition) is 6. The van der Waals surface area contributed by atoms with Crippen molar-refractivity contribution < 1.29 is 13.9 Å². The highest BCUT2D eigenvalue weighted by Gasteiger charge is 2.34. The number of hydrogen-bond donors (Lipinski definition) is 2. The van der Waals surface area contributed by atoms with E-state index in [0.717, 1.165) is 22.4 Å². The van der Waals surface area contributed by atoms with E-state index in [1.165, 1.54) is 6.07 Å². The zero-order valence-corrected chi connectivity index (χ0v) is 21.2. The highest BCUT2D eigenvalue weighted by atomic mass is 35.5. The van der Waals surface area contributed by atoms with Crippen LogP contribution in [-0.2, 0) is 11.4 Å². The van der Waals surface area contributed by atoms with Gasteiger partial charge in [0, 0.05) is 16.9 Å². The number of carbonyl (C=O) groups excluding carboxylic acids is 1. The predicted molar refractivity (Wildman–Crippen MR) is 139 cm³/mol. The van der Waals surface area contributed by atoms with Gasteiger partial charge in [0.15, 0.2) is 0 Å². The van der Waals surface area contributed by atoms with E-state index in [2.05, 4.69) is 26.2 Å². The van der Waals surface area contributed by atoms with Crippen LogP contribution >= 0.6 is 11.6 Å². The van der Waals surface area contributed by atoms with Crippen molar-refractivity contribution in [2.24, 2.45) is 0 Å². The van der Waals surface area contributed by atoms with Gasteiger partial charge in [-0.05, 0) is 78.2 Å². The Morgan fingerprint density at radius 3 is 2.62 bits per heavy atom. The van der Waals surface area contributed by atoms with Crippen LogP contribution in [0.25, 0.3) is 0 Å². The monoisotopic (exact) mass is 518 g/mol. The molecule has 188 valence electrons. The van der Waals surface area contributed by atoms with Crippen molar-refractivity contribution in [1.29, 1.82) is 0 Å². The molecule has 4 aromatic rings. The number of tetrazole rings is 1. The van der Waals surface area contributed by atoms with Crippen molar-refractivity contribution in [3.8, 4) is 5.75 Å². The van der Waals surface area contributed by atoms with Gasteiger partial charge in [0.1, 0.15) is 24.2 Å². The van der Waals surface area contributed by atoms with E-state index in [1.807, 2.05) is 51.1 Å². The Morgan fingerprint density at radius 2 is 1.86 bits per heavy atom. The number of nitrogens with zero attached hydrogens (tertiary/aromatic N) is 4. The molecule has 1 aromatic heterocycles. The average Bonchev–Trinajstić information content (AvgIpc) is 3.34. The summed E-state index contributed by atoms with van der Waals surface area (Å²) in [4.78, 5) is 13.6. The fourth-order valence-corrected chi connectivity index (χ4v) is 4.48. The second-order valence-corrected chi connectivity index (χ2v) is 9.18. The summed E-state index contributed by atoms with van der Waals surface area (Å²) in [6.45, 7) is 5.77. The molecule has 8 nitrogen and oxygen atoms in total. The van der Waals surface area contributed by atoms with Crippen LogP contribution in [0.2, 0.25) is 5.02 Å². The Labute approximate surface area is 218 Å². The fourth-order valence-electron chi connectivity index (χ4n) is 4.26. The van der Waals surface area contributed by atoms with E-state index >= 15 is 0 Å². The van der Waals surface area contributed by atoms with Crippen LogP contribution < -0.4 is 15.4 Å². The largest absolute Gasteiger partial charge is 0.489 e. The van der Waals surface area contributed by atoms with Gasteiger partial charge < -0.3 is 15.4 Å². The van der Waals surface area contributed by atoms with Crippen LogP contribution in [0.15, 0.2) is 71.9 Å². The van der Waals surface area contributed by atoms with Crippen molar-refractivity contribution >= 4 is 29.1 Å². The van der Waals surface area contributed by atoms with Crippen LogP contribution in [0.3, 0.4) is 0 Å². The summed E-state index contributed by atoms with van der Waals surface area (Å²) in [7, 11) is 0. The van der Waals surface area contributed by atoms with Crippen LogP contribution in [-0.4, -0.2) is 26.1 Å². The summed E-state index contributed by atoms with van der Waals surface area (Å²) in [5, 5.41) is 18.4. The molecule has 0 aliphatic carbocycles. The highest BCUT2D eigenvalue weighted by Crippen LogP contribution is 2.36. The summed E-state index contributed by atoms with van der Waals surface area (Å²) in [5.74, 6) is 0.265. The van der Waals surface area contributed by atoms with Crippen molar-refractivity contribution in [1.82, 2.24) is 20.2 Å². The maximum atomic E-state index is 14.1. The molecule has 1 aliphatic rings. The number of benzene rings is 3. The lowest BCUT2D eigenvalue weighted by molar-refractivity contribution is -0.113. The summed E-state index contributed by atoms with van der Waals surface area (Å²) < 4.78 is 21.4. The third-order valence-corrected chi connectivity index (χ3v) is 6.81. The second kappa shape index (κ2) is 10.0. The number of aryl methyl sites for hydroxylation is 1. The molecule has 2 N–H and O–H groups in total.